The van der Waals surface area contributed by atoms with Crippen molar-refractivity contribution >= 4 is 0 Å². The van der Waals surface area contributed by atoms with Gasteiger partial charge in [0.25, 0.3) is 0 Å². The van der Waals surface area contributed by atoms with Gasteiger partial charge in [-0.05, 0) is 43.5 Å². The summed E-state index contributed by atoms with van der Waals surface area (Å²) in [6, 6.07) is 8.78. The molecule has 0 bridgehead atoms. The summed E-state index contributed by atoms with van der Waals surface area (Å²) in [5.74, 6) is 1.90. The number of ether oxygens (including phenoxy) is 1. The van der Waals surface area contributed by atoms with Crippen molar-refractivity contribution in [1.29, 1.82) is 0 Å². The Balaban J connectivity index is 1.74. The SMILES string of the molecule is COc1ccc([C@@H](C)NCCC2CCCC2)cc1. The van der Waals surface area contributed by atoms with Crippen molar-refractivity contribution < 1.29 is 4.74 Å². The van der Waals surface area contributed by atoms with Crippen molar-refractivity contribution in [2.24, 2.45) is 5.92 Å². The van der Waals surface area contributed by atoms with Crippen LogP contribution in [0.3, 0.4) is 0 Å². The lowest BCUT2D eigenvalue weighted by molar-refractivity contribution is 0.414. The molecule has 0 spiro atoms. The lowest BCUT2D eigenvalue weighted by Gasteiger charge is -2.16. The maximum Gasteiger partial charge on any atom is 0.118 e. The molecular weight excluding hydrogens is 222 g/mol. The van der Waals surface area contributed by atoms with Crippen LogP contribution in [0.1, 0.15) is 50.6 Å². The third kappa shape index (κ3) is 3.74. The van der Waals surface area contributed by atoms with Crippen molar-refractivity contribution in [3.05, 3.63) is 29.8 Å². The Bertz CT molecular complexity index is 341. The molecule has 1 aromatic carbocycles. The molecule has 0 radical (unpaired) electrons. The molecule has 100 valence electrons. The molecule has 1 aliphatic rings. The van der Waals surface area contributed by atoms with E-state index < -0.39 is 0 Å². The second kappa shape index (κ2) is 6.79. The van der Waals surface area contributed by atoms with Gasteiger partial charge < -0.3 is 10.1 Å². The number of rotatable bonds is 6. The van der Waals surface area contributed by atoms with E-state index in [0.717, 1.165) is 18.2 Å². The Labute approximate surface area is 111 Å². The minimum atomic E-state index is 0.428. The Kier molecular flexibility index (Phi) is 5.06. The predicted molar refractivity (Wildman–Crippen MR) is 76.0 cm³/mol. The van der Waals surface area contributed by atoms with Crippen LogP contribution in [0.2, 0.25) is 0 Å². The van der Waals surface area contributed by atoms with Gasteiger partial charge in [-0.1, -0.05) is 37.8 Å². The molecule has 0 aromatic heterocycles. The van der Waals surface area contributed by atoms with E-state index in [9.17, 15) is 0 Å². The minimum absolute atomic E-state index is 0.428. The molecule has 0 amide bonds. The van der Waals surface area contributed by atoms with Crippen molar-refractivity contribution in [3.8, 4) is 5.75 Å². The molecular formula is C16H25NO. The normalized spacial score (nSPS) is 17.9. The molecule has 2 heteroatoms. The monoisotopic (exact) mass is 247 g/mol. The first-order valence-corrected chi connectivity index (χ1v) is 7.17. The zero-order valence-corrected chi connectivity index (χ0v) is 11.6. The van der Waals surface area contributed by atoms with Gasteiger partial charge in [-0.2, -0.15) is 0 Å². The number of methoxy groups -OCH3 is 1. The van der Waals surface area contributed by atoms with Gasteiger partial charge in [0, 0.05) is 6.04 Å². The van der Waals surface area contributed by atoms with E-state index in [1.807, 2.05) is 12.1 Å². The van der Waals surface area contributed by atoms with Crippen LogP contribution >= 0.6 is 0 Å². The summed E-state index contributed by atoms with van der Waals surface area (Å²) in [4.78, 5) is 0. The number of hydrogen-bond donors (Lipinski definition) is 1. The average Bonchev–Trinajstić information content (AvgIpc) is 2.92. The highest BCUT2D eigenvalue weighted by Crippen LogP contribution is 2.27. The van der Waals surface area contributed by atoms with E-state index in [2.05, 4.69) is 24.4 Å². The summed E-state index contributed by atoms with van der Waals surface area (Å²) in [6.07, 6.45) is 7.11. The molecule has 18 heavy (non-hydrogen) atoms. The summed E-state index contributed by atoms with van der Waals surface area (Å²) >= 11 is 0. The maximum absolute atomic E-state index is 5.18. The Hall–Kier alpha value is -1.02. The van der Waals surface area contributed by atoms with E-state index in [1.54, 1.807) is 7.11 Å². The summed E-state index contributed by atoms with van der Waals surface area (Å²) in [6.45, 7) is 3.37. The van der Waals surface area contributed by atoms with E-state index in [-0.39, 0.29) is 0 Å². The molecule has 0 saturated heterocycles. The molecule has 0 aliphatic heterocycles. The van der Waals surface area contributed by atoms with Gasteiger partial charge in [0.15, 0.2) is 0 Å². The van der Waals surface area contributed by atoms with E-state index in [4.69, 9.17) is 4.74 Å². The zero-order chi connectivity index (χ0) is 12.8. The summed E-state index contributed by atoms with van der Waals surface area (Å²) in [5.41, 5.74) is 1.34. The molecule has 2 rings (SSSR count). The highest BCUT2D eigenvalue weighted by atomic mass is 16.5. The van der Waals surface area contributed by atoms with Crippen LogP contribution < -0.4 is 10.1 Å². The Morgan fingerprint density at radius 2 is 1.89 bits per heavy atom. The van der Waals surface area contributed by atoms with Gasteiger partial charge in [-0.3, -0.25) is 0 Å². The first-order chi connectivity index (χ1) is 8.79. The first-order valence-electron chi connectivity index (χ1n) is 7.17. The first kappa shape index (κ1) is 13.4. The van der Waals surface area contributed by atoms with Crippen LogP contribution in [0.15, 0.2) is 24.3 Å². The van der Waals surface area contributed by atoms with Crippen molar-refractivity contribution in [3.63, 3.8) is 0 Å². The quantitative estimate of drug-likeness (QED) is 0.822. The molecule has 1 N–H and O–H groups in total. The third-order valence-electron chi connectivity index (χ3n) is 4.09. The fourth-order valence-corrected chi connectivity index (χ4v) is 2.81. The largest absolute Gasteiger partial charge is 0.497 e. The van der Waals surface area contributed by atoms with Crippen LogP contribution in [0.5, 0.6) is 5.75 Å². The van der Waals surface area contributed by atoms with Gasteiger partial charge in [-0.15, -0.1) is 0 Å². The molecule has 0 unspecified atom stereocenters. The Morgan fingerprint density at radius 3 is 2.50 bits per heavy atom. The van der Waals surface area contributed by atoms with Crippen molar-refractivity contribution in [2.45, 2.75) is 45.1 Å². The van der Waals surface area contributed by atoms with E-state index in [0.29, 0.717) is 6.04 Å². The second-order valence-corrected chi connectivity index (χ2v) is 5.39. The molecule has 2 nitrogen and oxygen atoms in total. The predicted octanol–water partition coefficient (Wildman–Crippen LogP) is 3.93. The topological polar surface area (TPSA) is 21.3 Å². The minimum Gasteiger partial charge on any atom is -0.497 e. The average molecular weight is 247 g/mol. The summed E-state index contributed by atoms with van der Waals surface area (Å²) < 4.78 is 5.18. The third-order valence-corrected chi connectivity index (χ3v) is 4.09. The van der Waals surface area contributed by atoms with E-state index in [1.165, 1.54) is 37.7 Å². The van der Waals surface area contributed by atoms with Crippen LogP contribution in [0.25, 0.3) is 0 Å². The van der Waals surface area contributed by atoms with Crippen LogP contribution in [0, 0.1) is 5.92 Å². The maximum atomic E-state index is 5.18. The molecule has 1 aromatic rings. The summed E-state index contributed by atoms with van der Waals surface area (Å²) in [7, 11) is 1.71. The van der Waals surface area contributed by atoms with Crippen LogP contribution in [-0.2, 0) is 0 Å². The highest BCUT2D eigenvalue weighted by Gasteiger charge is 2.14. The highest BCUT2D eigenvalue weighted by molar-refractivity contribution is 5.28. The molecule has 1 saturated carbocycles. The van der Waals surface area contributed by atoms with Crippen LogP contribution in [-0.4, -0.2) is 13.7 Å². The Morgan fingerprint density at radius 1 is 1.22 bits per heavy atom. The fraction of sp³-hybridized carbons (Fsp3) is 0.625. The summed E-state index contributed by atoms with van der Waals surface area (Å²) in [5, 5.41) is 3.62. The fourth-order valence-electron chi connectivity index (χ4n) is 2.81. The lowest BCUT2D eigenvalue weighted by atomic mass is 10.0. The van der Waals surface area contributed by atoms with Crippen molar-refractivity contribution in [2.75, 3.05) is 13.7 Å². The number of nitrogens with one attached hydrogen (secondary N) is 1. The van der Waals surface area contributed by atoms with Gasteiger partial charge in [0.05, 0.1) is 7.11 Å². The lowest BCUT2D eigenvalue weighted by Crippen LogP contribution is -2.21. The van der Waals surface area contributed by atoms with Gasteiger partial charge in [0.2, 0.25) is 0 Å². The number of benzene rings is 1. The van der Waals surface area contributed by atoms with Gasteiger partial charge in [-0.25, -0.2) is 0 Å². The van der Waals surface area contributed by atoms with E-state index >= 15 is 0 Å². The molecule has 1 fully saturated rings. The molecule has 1 atom stereocenters. The van der Waals surface area contributed by atoms with Crippen LogP contribution in [0.4, 0.5) is 0 Å². The van der Waals surface area contributed by atoms with Crippen molar-refractivity contribution in [1.82, 2.24) is 5.32 Å². The molecule has 1 aliphatic carbocycles. The standard InChI is InChI=1S/C16H25NO/c1-13(15-7-9-16(18-2)10-8-15)17-12-11-14-5-3-4-6-14/h7-10,13-14,17H,3-6,11-12H2,1-2H3/t13-/m1/s1. The second-order valence-electron chi connectivity index (χ2n) is 5.39. The molecule has 0 heterocycles. The number of hydrogen-bond acceptors (Lipinski definition) is 2. The van der Waals surface area contributed by atoms with Gasteiger partial charge in [0.1, 0.15) is 5.75 Å². The zero-order valence-electron chi connectivity index (χ0n) is 11.6. The van der Waals surface area contributed by atoms with Gasteiger partial charge >= 0.3 is 0 Å². The smallest absolute Gasteiger partial charge is 0.118 e.